The van der Waals surface area contributed by atoms with Gasteiger partial charge in [-0.05, 0) is 37.3 Å². The number of ether oxygens (including phenoxy) is 2. The number of methoxy groups -OCH3 is 1. The molecule has 1 aromatic heterocycles. The van der Waals surface area contributed by atoms with E-state index >= 15 is 0 Å². The van der Waals surface area contributed by atoms with Gasteiger partial charge in [0.05, 0.1) is 19.6 Å². The molecule has 166 valence electrons. The molecular weight excluding hydrogens is 428 g/mol. The zero-order valence-corrected chi connectivity index (χ0v) is 18.7. The molecule has 1 saturated heterocycles. The summed E-state index contributed by atoms with van der Waals surface area (Å²) in [4.78, 5) is 26.9. The number of hydrogen-bond acceptors (Lipinski definition) is 7. The SMILES string of the molecule is CCOc1ccc(N2CC(C(=O)Nc3nnc(Cc4ccccc4OC)s3)CC2=O)cc1. The van der Waals surface area contributed by atoms with Crippen LogP contribution in [0.25, 0.3) is 0 Å². The summed E-state index contributed by atoms with van der Waals surface area (Å²) in [5.74, 6) is 0.773. The maximum atomic E-state index is 12.8. The van der Waals surface area contributed by atoms with Gasteiger partial charge < -0.3 is 19.7 Å². The monoisotopic (exact) mass is 452 g/mol. The molecule has 0 saturated carbocycles. The summed E-state index contributed by atoms with van der Waals surface area (Å²) in [5.41, 5.74) is 1.75. The van der Waals surface area contributed by atoms with Crippen LogP contribution >= 0.6 is 11.3 Å². The first-order valence-electron chi connectivity index (χ1n) is 10.4. The van der Waals surface area contributed by atoms with E-state index in [1.54, 1.807) is 12.0 Å². The van der Waals surface area contributed by atoms with E-state index in [0.29, 0.717) is 24.7 Å². The lowest BCUT2D eigenvalue weighted by Gasteiger charge is -2.17. The Kier molecular flexibility index (Phi) is 6.65. The third kappa shape index (κ3) is 4.88. The summed E-state index contributed by atoms with van der Waals surface area (Å²) < 4.78 is 10.8. The average Bonchev–Trinajstić information content (AvgIpc) is 3.41. The first-order valence-corrected chi connectivity index (χ1v) is 11.2. The summed E-state index contributed by atoms with van der Waals surface area (Å²) in [5, 5.41) is 12.3. The van der Waals surface area contributed by atoms with Gasteiger partial charge in [-0.3, -0.25) is 9.59 Å². The highest BCUT2D eigenvalue weighted by Crippen LogP contribution is 2.29. The Balaban J connectivity index is 1.37. The number of amides is 2. The lowest BCUT2D eigenvalue weighted by Crippen LogP contribution is -2.28. The van der Waals surface area contributed by atoms with Crippen molar-refractivity contribution in [1.29, 1.82) is 0 Å². The van der Waals surface area contributed by atoms with Gasteiger partial charge in [0.1, 0.15) is 16.5 Å². The number of para-hydroxylation sites is 1. The van der Waals surface area contributed by atoms with Crippen LogP contribution in [0.4, 0.5) is 10.8 Å². The van der Waals surface area contributed by atoms with Crippen LogP contribution in [0.1, 0.15) is 23.9 Å². The van der Waals surface area contributed by atoms with Crippen LogP contribution in [-0.2, 0) is 16.0 Å². The van der Waals surface area contributed by atoms with Crippen molar-refractivity contribution >= 4 is 34.0 Å². The molecule has 1 fully saturated rings. The Morgan fingerprint density at radius 3 is 2.72 bits per heavy atom. The maximum absolute atomic E-state index is 12.8. The highest BCUT2D eigenvalue weighted by molar-refractivity contribution is 7.15. The van der Waals surface area contributed by atoms with Crippen LogP contribution in [0.2, 0.25) is 0 Å². The molecular formula is C23H24N4O4S. The molecule has 2 amide bonds. The van der Waals surface area contributed by atoms with Crippen LogP contribution in [0.15, 0.2) is 48.5 Å². The fraction of sp³-hybridized carbons (Fsp3) is 0.304. The average molecular weight is 453 g/mol. The second-order valence-electron chi connectivity index (χ2n) is 7.31. The van der Waals surface area contributed by atoms with E-state index in [1.165, 1.54) is 11.3 Å². The molecule has 9 heteroatoms. The molecule has 1 atom stereocenters. The number of carbonyl (C=O) groups is 2. The number of anilines is 2. The Labute approximate surface area is 190 Å². The van der Waals surface area contributed by atoms with E-state index < -0.39 is 5.92 Å². The second kappa shape index (κ2) is 9.78. The number of benzene rings is 2. The van der Waals surface area contributed by atoms with Crippen molar-refractivity contribution in [2.75, 3.05) is 30.5 Å². The lowest BCUT2D eigenvalue weighted by atomic mass is 10.1. The third-order valence-corrected chi connectivity index (χ3v) is 6.03. The van der Waals surface area contributed by atoms with Gasteiger partial charge in [-0.1, -0.05) is 29.5 Å². The van der Waals surface area contributed by atoms with Crippen LogP contribution < -0.4 is 19.7 Å². The quantitative estimate of drug-likeness (QED) is 0.562. The predicted molar refractivity (Wildman–Crippen MR) is 122 cm³/mol. The number of hydrogen-bond donors (Lipinski definition) is 1. The molecule has 0 radical (unpaired) electrons. The maximum Gasteiger partial charge on any atom is 0.231 e. The molecule has 0 spiro atoms. The largest absolute Gasteiger partial charge is 0.496 e. The van der Waals surface area contributed by atoms with E-state index in [4.69, 9.17) is 9.47 Å². The van der Waals surface area contributed by atoms with Gasteiger partial charge in [-0.25, -0.2) is 0 Å². The van der Waals surface area contributed by atoms with Crippen molar-refractivity contribution in [3.05, 3.63) is 59.1 Å². The van der Waals surface area contributed by atoms with Gasteiger partial charge >= 0.3 is 0 Å². The Morgan fingerprint density at radius 1 is 1.19 bits per heavy atom. The summed E-state index contributed by atoms with van der Waals surface area (Å²) in [7, 11) is 1.63. The zero-order chi connectivity index (χ0) is 22.5. The predicted octanol–water partition coefficient (Wildman–Crippen LogP) is 3.53. The van der Waals surface area contributed by atoms with Gasteiger partial charge in [0.2, 0.25) is 16.9 Å². The van der Waals surface area contributed by atoms with Gasteiger partial charge in [0, 0.05) is 30.6 Å². The van der Waals surface area contributed by atoms with Crippen molar-refractivity contribution < 1.29 is 19.1 Å². The summed E-state index contributed by atoms with van der Waals surface area (Å²) in [6.45, 7) is 2.82. The molecule has 32 heavy (non-hydrogen) atoms. The van der Waals surface area contributed by atoms with Crippen LogP contribution in [-0.4, -0.2) is 42.3 Å². The topological polar surface area (TPSA) is 93.7 Å². The smallest absolute Gasteiger partial charge is 0.231 e. The minimum atomic E-state index is -0.448. The molecule has 3 aromatic rings. The van der Waals surface area contributed by atoms with Crippen LogP contribution in [0.3, 0.4) is 0 Å². The van der Waals surface area contributed by atoms with Crippen LogP contribution in [0.5, 0.6) is 11.5 Å². The summed E-state index contributed by atoms with van der Waals surface area (Å²) >= 11 is 1.32. The van der Waals surface area contributed by atoms with Gasteiger partial charge in [-0.2, -0.15) is 0 Å². The fourth-order valence-electron chi connectivity index (χ4n) is 3.62. The summed E-state index contributed by atoms with van der Waals surface area (Å²) in [6, 6.07) is 15.0. The number of aromatic nitrogens is 2. The standard InChI is InChI=1S/C23H24N4O4S/c1-3-31-18-10-8-17(9-11-18)27-14-16(13-21(27)28)22(29)24-23-26-25-20(32-23)12-15-6-4-5-7-19(15)30-2/h4-11,16H,3,12-14H2,1-2H3,(H,24,26,29). The fourth-order valence-corrected chi connectivity index (χ4v) is 4.38. The van der Waals surface area contributed by atoms with Crippen molar-refractivity contribution in [3.63, 3.8) is 0 Å². The first kappa shape index (κ1) is 21.8. The molecule has 1 aliphatic rings. The Bertz CT molecular complexity index is 1100. The van der Waals surface area contributed by atoms with E-state index in [0.717, 1.165) is 27.8 Å². The highest BCUT2D eigenvalue weighted by Gasteiger charge is 2.35. The van der Waals surface area contributed by atoms with Gasteiger partial charge in [0.15, 0.2) is 0 Å². The van der Waals surface area contributed by atoms with E-state index in [1.807, 2.05) is 55.5 Å². The lowest BCUT2D eigenvalue weighted by molar-refractivity contribution is -0.122. The molecule has 8 nitrogen and oxygen atoms in total. The second-order valence-corrected chi connectivity index (χ2v) is 8.37. The number of nitrogens with one attached hydrogen (secondary N) is 1. The van der Waals surface area contributed by atoms with Crippen molar-refractivity contribution in [1.82, 2.24) is 10.2 Å². The molecule has 1 unspecified atom stereocenters. The minimum Gasteiger partial charge on any atom is -0.496 e. The molecule has 0 aliphatic carbocycles. The van der Waals surface area contributed by atoms with Crippen molar-refractivity contribution in [2.45, 2.75) is 19.8 Å². The summed E-state index contributed by atoms with van der Waals surface area (Å²) in [6.07, 6.45) is 0.719. The van der Waals surface area contributed by atoms with Gasteiger partial charge in [-0.15, -0.1) is 10.2 Å². The molecule has 2 heterocycles. The van der Waals surface area contributed by atoms with Crippen LogP contribution in [0, 0.1) is 5.92 Å². The highest BCUT2D eigenvalue weighted by atomic mass is 32.1. The molecule has 4 rings (SSSR count). The van der Waals surface area contributed by atoms with E-state index in [-0.39, 0.29) is 18.2 Å². The molecule has 2 aromatic carbocycles. The molecule has 0 bridgehead atoms. The zero-order valence-electron chi connectivity index (χ0n) is 17.9. The van der Waals surface area contributed by atoms with Crippen molar-refractivity contribution in [2.24, 2.45) is 5.92 Å². The molecule has 1 aliphatic heterocycles. The first-order chi connectivity index (χ1) is 15.6. The normalized spacial score (nSPS) is 15.6. The number of nitrogens with zero attached hydrogens (tertiary/aromatic N) is 3. The third-order valence-electron chi connectivity index (χ3n) is 5.19. The Hall–Kier alpha value is -3.46. The van der Waals surface area contributed by atoms with E-state index in [9.17, 15) is 9.59 Å². The Morgan fingerprint density at radius 2 is 1.97 bits per heavy atom. The van der Waals surface area contributed by atoms with Gasteiger partial charge in [0.25, 0.3) is 0 Å². The molecule has 1 N–H and O–H groups in total. The number of carbonyl (C=O) groups excluding carboxylic acids is 2. The minimum absolute atomic E-state index is 0.0802. The van der Waals surface area contributed by atoms with E-state index in [2.05, 4.69) is 15.5 Å². The van der Waals surface area contributed by atoms with Crippen molar-refractivity contribution in [3.8, 4) is 11.5 Å². The number of rotatable bonds is 8.